The van der Waals surface area contributed by atoms with E-state index in [1.807, 2.05) is 27.7 Å². The minimum Gasteiger partial charge on any atom is -0.355 e. The van der Waals surface area contributed by atoms with E-state index in [-0.39, 0.29) is 16.7 Å². The van der Waals surface area contributed by atoms with Gasteiger partial charge in [-0.3, -0.25) is 4.79 Å². The molecule has 1 atom stereocenters. The van der Waals surface area contributed by atoms with E-state index in [4.69, 9.17) is 0 Å². The first-order valence-corrected chi connectivity index (χ1v) is 12.5. The highest BCUT2D eigenvalue weighted by molar-refractivity contribution is 7.89. The molecule has 1 amide bonds. The molecule has 0 spiro atoms. The van der Waals surface area contributed by atoms with Gasteiger partial charge in [0.1, 0.15) is 17.7 Å². The summed E-state index contributed by atoms with van der Waals surface area (Å²) in [5, 5.41) is 11.4. The molecule has 0 saturated carbocycles. The van der Waals surface area contributed by atoms with Gasteiger partial charge in [0.2, 0.25) is 15.9 Å². The van der Waals surface area contributed by atoms with Gasteiger partial charge in [-0.2, -0.15) is 4.72 Å². The van der Waals surface area contributed by atoms with Crippen LogP contribution < -0.4 is 10.0 Å². The molecule has 8 nitrogen and oxygen atoms in total. The van der Waals surface area contributed by atoms with Gasteiger partial charge in [0.05, 0.1) is 4.90 Å². The van der Waals surface area contributed by atoms with Crippen LogP contribution >= 0.6 is 0 Å². The zero-order chi connectivity index (χ0) is 22.6. The third-order valence-corrected chi connectivity index (χ3v) is 7.27. The molecular weight excluding hydrogens is 414 g/mol. The number of hydrogen-bond donors (Lipinski definition) is 2. The number of fused-ring (bicyclic) bond motifs is 1. The van der Waals surface area contributed by atoms with E-state index in [0.29, 0.717) is 6.54 Å². The molecule has 0 saturated heterocycles. The largest absolute Gasteiger partial charge is 0.355 e. The molecule has 170 valence electrons. The molecule has 1 aromatic carbocycles. The Bertz CT molecular complexity index is 1030. The quantitative estimate of drug-likeness (QED) is 0.574. The number of rotatable bonds is 9. The number of carbonyl (C=O) groups excluding carboxylic acids is 1. The third-order valence-electron chi connectivity index (χ3n) is 5.83. The van der Waals surface area contributed by atoms with Crippen molar-refractivity contribution < 1.29 is 13.2 Å². The van der Waals surface area contributed by atoms with E-state index < -0.39 is 16.1 Å². The number of sulfonamides is 1. The van der Waals surface area contributed by atoms with Gasteiger partial charge in [0.25, 0.3) is 0 Å². The Kier molecular flexibility index (Phi) is 7.48. The van der Waals surface area contributed by atoms with Crippen molar-refractivity contribution in [2.45, 2.75) is 77.3 Å². The second-order valence-electron chi connectivity index (χ2n) is 8.62. The van der Waals surface area contributed by atoms with Gasteiger partial charge in [-0.25, -0.2) is 8.42 Å². The van der Waals surface area contributed by atoms with Crippen molar-refractivity contribution in [2.75, 3.05) is 6.54 Å². The monoisotopic (exact) mass is 447 g/mol. The molecule has 0 bridgehead atoms. The standard InChI is InChI=1S/C22H33N5O3S/c1-15(2)21(26-31(29,30)18-11-10-16(3)17(4)14-18)22(28)23-12-7-9-20-25-24-19-8-5-6-13-27(19)20/h10-11,14-15,21,26H,5-9,12-13H2,1-4H3,(H,23,28). The fourth-order valence-corrected chi connectivity index (χ4v) is 5.16. The molecule has 0 aliphatic carbocycles. The van der Waals surface area contributed by atoms with Crippen molar-refractivity contribution in [2.24, 2.45) is 5.92 Å². The number of aryl methyl sites for hydroxylation is 4. The lowest BCUT2D eigenvalue weighted by atomic mass is 10.1. The number of benzene rings is 1. The van der Waals surface area contributed by atoms with Crippen LogP contribution in [-0.2, 0) is 34.2 Å². The van der Waals surface area contributed by atoms with E-state index in [9.17, 15) is 13.2 Å². The van der Waals surface area contributed by atoms with Crippen molar-refractivity contribution >= 4 is 15.9 Å². The van der Waals surface area contributed by atoms with Gasteiger partial charge < -0.3 is 9.88 Å². The summed E-state index contributed by atoms with van der Waals surface area (Å²) in [6.45, 7) is 8.87. The van der Waals surface area contributed by atoms with E-state index in [1.165, 1.54) is 0 Å². The molecule has 0 fully saturated rings. The summed E-state index contributed by atoms with van der Waals surface area (Å²) in [5.74, 6) is 1.50. The average Bonchev–Trinajstić information content (AvgIpc) is 3.14. The molecule has 1 aliphatic rings. The zero-order valence-electron chi connectivity index (χ0n) is 18.8. The summed E-state index contributed by atoms with van der Waals surface area (Å²) >= 11 is 0. The van der Waals surface area contributed by atoms with Crippen LogP contribution in [0.5, 0.6) is 0 Å². The van der Waals surface area contributed by atoms with E-state index in [0.717, 1.165) is 61.4 Å². The summed E-state index contributed by atoms with van der Waals surface area (Å²) in [5.41, 5.74) is 1.91. The molecule has 1 unspecified atom stereocenters. The van der Waals surface area contributed by atoms with Gasteiger partial charge in [0, 0.05) is 25.9 Å². The summed E-state index contributed by atoms with van der Waals surface area (Å²) in [6.07, 6.45) is 4.72. The number of aromatic nitrogens is 3. The van der Waals surface area contributed by atoms with Crippen LogP contribution in [0.3, 0.4) is 0 Å². The lowest BCUT2D eigenvalue weighted by Gasteiger charge is -2.22. The second-order valence-corrected chi connectivity index (χ2v) is 10.3. The molecule has 31 heavy (non-hydrogen) atoms. The summed E-state index contributed by atoms with van der Waals surface area (Å²) in [4.78, 5) is 12.9. The first kappa shape index (κ1) is 23.4. The van der Waals surface area contributed by atoms with Crippen LogP contribution in [0, 0.1) is 19.8 Å². The molecule has 1 aromatic heterocycles. The topological polar surface area (TPSA) is 106 Å². The number of hydrogen-bond acceptors (Lipinski definition) is 5. The first-order chi connectivity index (χ1) is 14.7. The fraction of sp³-hybridized carbons (Fsp3) is 0.591. The minimum absolute atomic E-state index is 0.172. The highest BCUT2D eigenvalue weighted by Crippen LogP contribution is 2.17. The predicted octanol–water partition coefficient (Wildman–Crippen LogP) is 2.28. The highest BCUT2D eigenvalue weighted by atomic mass is 32.2. The lowest BCUT2D eigenvalue weighted by Crippen LogP contribution is -2.49. The molecule has 2 heterocycles. The lowest BCUT2D eigenvalue weighted by molar-refractivity contribution is -0.123. The zero-order valence-corrected chi connectivity index (χ0v) is 19.6. The molecule has 9 heteroatoms. The van der Waals surface area contributed by atoms with Crippen LogP contribution in [0.25, 0.3) is 0 Å². The molecule has 3 rings (SSSR count). The third kappa shape index (κ3) is 5.71. The summed E-state index contributed by atoms with van der Waals surface area (Å²) in [7, 11) is -3.80. The molecule has 1 aliphatic heterocycles. The van der Waals surface area contributed by atoms with Crippen LogP contribution in [0.2, 0.25) is 0 Å². The maximum Gasteiger partial charge on any atom is 0.241 e. The van der Waals surface area contributed by atoms with Gasteiger partial charge in [-0.05, 0) is 62.3 Å². The number of nitrogens with zero attached hydrogens (tertiary/aromatic N) is 3. The second kappa shape index (κ2) is 9.91. The van der Waals surface area contributed by atoms with Crippen LogP contribution in [0.1, 0.15) is 55.9 Å². The van der Waals surface area contributed by atoms with Crippen molar-refractivity contribution in [1.29, 1.82) is 0 Å². The van der Waals surface area contributed by atoms with E-state index in [1.54, 1.807) is 18.2 Å². The maximum atomic E-state index is 12.8. The highest BCUT2D eigenvalue weighted by Gasteiger charge is 2.28. The number of carbonyl (C=O) groups is 1. The van der Waals surface area contributed by atoms with Gasteiger partial charge >= 0.3 is 0 Å². The Morgan fingerprint density at radius 1 is 1.16 bits per heavy atom. The summed E-state index contributed by atoms with van der Waals surface area (Å²) in [6, 6.07) is 4.13. The number of nitrogens with one attached hydrogen (secondary N) is 2. The Hall–Kier alpha value is -2.26. The maximum absolute atomic E-state index is 12.8. The minimum atomic E-state index is -3.80. The number of amides is 1. The van der Waals surface area contributed by atoms with E-state index in [2.05, 4.69) is 24.8 Å². The van der Waals surface area contributed by atoms with E-state index >= 15 is 0 Å². The molecule has 0 radical (unpaired) electrons. The summed E-state index contributed by atoms with van der Waals surface area (Å²) < 4.78 is 30.4. The van der Waals surface area contributed by atoms with Gasteiger partial charge in [-0.1, -0.05) is 19.9 Å². The Morgan fingerprint density at radius 2 is 1.94 bits per heavy atom. The van der Waals surface area contributed by atoms with Crippen molar-refractivity contribution in [3.05, 3.63) is 41.0 Å². The Labute approximate surface area is 184 Å². The smallest absolute Gasteiger partial charge is 0.241 e. The van der Waals surface area contributed by atoms with Crippen LogP contribution in [-0.4, -0.2) is 41.7 Å². The normalized spacial score (nSPS) is 15.0. The fourth-order valence-electron chi connectivity index (χ4n) is 3.73. The van der Waals surface area contributed by atoms with Crippen molar-refractivity contribution in [3.63, 3.8) is 0 Å². The van der Waals surface area contributed by atoms with Crippen molar-refractivity contribution in [3.8, 4) is 0 Å². The molecule has 2 N–H and O–H groups in total. The SMILES string of the molecule is Cc1ccc(S(=O)(=O)NC(C(=O)NCCCc2nnc3n2CCCC3)C(C)C)cc1C. The van der Waals surface area contributed by atoms with Gasteiger partial charge in [0.15, 0.2) is 0 Å². The van der Waals surface area contributed by atoms with Crippen molar-refractivity contribution in [1.82, 2.24) is 24.8 Å². The first-order valence-electron chi connectivity index (χ1n) is 11.0. The predicted molar refractivity (Wildman–Crippen MR) is 119 cm³/mol. The molecular formula is C22H33N5O3S. The van der Waals surface area contributed by atoms with Crippen LogP contribution in [0.15, 0.2) is 23.1 Å². The molecule has 2 aromatic rings. The Morgan fingerprint density at radius 3 is 2.65 bits per heavy atom. The Balaban J connectivity index is 1.56. The van der Waals surface area contributed by atoms with Crippen LogP contribution in [0.4, 0.5) is 0 Å². The average molecular weight is 448 g/mol. The van der Waals surface area contributed by atoms with Gasteiger partial charge in [-0.15, -0.1) is 10.2 Å².